The minimum atomic E-state index is -0.0899. The van der Waals surface area contributed by atoms with Gasteiger partial charge in [-0.15, -0.1) is 0 Å². The lowest BCUT2D eigenvalue weighted by Gasteiger charge is -2.02. The Morgan fingerprint density at radius 3 is 2.58 bits per heavy atom. The summed E-state index contributed by atoms with van der Waals surface area (Å²) in [7, 11) is 1.66. The van der Waals surface area contributed by atoms with Crippen molar-refractivity contribution in [3.05, 3.63) is 0 Å². The van der Waals surface area contributed by atoms with E-state index >= 15 is 0 Å². The van der Waals surface area contributed by atoms with Crippen molar-refractivity contribution in [3.8, 4) is 0 Å². The molecule has 0 rings (SSSR count). The molecule has 0 N–H and O–H groups in total. The van der Waals surface area contributed by atoms with Crippen LogP contribution in [0, 0.1) is 0 Å². The maximum atomic E-state index is 10.9. The van der Waals surface area contributed by atoms with Gasteiger partial charge in [0.2, 0.25) is 0 Å². The molecule has 0 spiro atoms. The maximum Gasteiger partial charge on any atom is 0.305 e. The van der Waals surface area contributed by atoms with Crippen LogP contribution in [-0.2, 0) is 14.3 Å². The first kappa shape index (κ1) is 11.4. The minimum absolute atomic E-state index is 0.0899. The molecule has 0 heterocycles. The van der Waals surface area contributed by atoms with Crippen LogP contribution in [-0.4, -0.2) is 26.3 Å². The maximum absolute atomic E-state index is 10.9. The van der Waals surface area contributed by atoms with Crippen LogP contribution < -0.4 is 0 Å². The second kappa shape index (κ2) is 8.53. The molecule has 0 aromatic rings. The molecule has 0 saturated carbocycles. The number of esters is 1. The molecular formula is C9H18O3. The van der Waals surface area contributed by atoms with Crippen LogP contribution in [0.3, 0.4) is 0 Å². The monoisotopic (exact) mass is 174 g/mol. The van der Waals surface area contributed by atoms with E-state index in [-0.39, 0.29) is 5.97 Å². The lowest BCUT2D eigenvalue weighted by molar-refractivity contribution is -0.143. The molecule has 0 aromatic carbocycles. The smallest absolute Gasteiger partial charge is 0.305 e. The Morgan fingerprint density at radius 2 is 2.00 bits per heavy atom. The molecule has 0 unspecified atom stereocenters. The van der Waals surface area contributed by atoms with Gasteiger partial charge in [-0.2, -0.15) is 0 Å². The molecule has 3 nitrogen and oxygen atoms in total. The van der Waals surface area contributed by atoms with Crippen LogP contribution in [0.5, 0.6) is 0 Å². The van der Waals surface area contributed by atoms with E-state index in [1.165, 1.54) is 0 Å². The fourth-order valence-electron chi connectivity index (χ4n) is 0.804. The van der Waals surface area contributed by atoms with E-state index < -0.39 is 0 Å². The molecule has 72 valence electrons. The number of carbonyl (C=O) groups is 1. The second-order valence-corrected chi connectivity index (χ2v) is 2.67. The van der Waals surface area contributed by atoms with E-state index in [2.05, 4.69) is 0 Å². The van der Waals surface area contributed by atoms with Crippen molar-refractivity contribution >= 4 is 5.97 Å². The van der Waals surface area contributed by atoms with Crippen LogP contribution in [0.4, 0.5) is 0 Å². The number of hydrogen-bond donors (Lipinski definition) is 0. The third kappa shape index (κ3) is 7.54. The summed E-state index contributed by atoms with van der Waals surface area (Å²) in [6, 6.07) is 0. The molecule has 0 atom stereocenters. The second-order valence-electron chi connectivity index (χ2n) is 2.67. The van der Waals surface area contributed by atoms with Crippen LogP contribution in [0.15, 0.2) is 0 Å². The van der Waals surface area contributed by atoms with Crippen molar-refractivity contribution in [2.45, 2.75) is 32.6 Å². The lowest BCUT2D eigenvalue weighted by atomic mass is 10.2. The number of hydrogen-bond acceptors (Lipinski definition) is 3. The Balaban J connectivity index is 3.08. The van der Waals surface area contributed by atoms with Crippen LogP contribution in [0.25, 0.3) is 0 Å². The number of carbonyl (C=O) groups excluding carboxylic acids is 1. The van der Waals surface area contributed by atoms with Crippen molar-refractivity contribution < 1.29 is 14.3 Å². The number of methoxy groups -OCH3 is 1. The van der Waals surface area contributed by atoms with Gasteiger partial charge in [0.15, 0.2) is 0 Å². The molecule has 0 aliphatic heterocycles. The van der Waals surface area contributed by atoms with Crippen molar-refractivity contribution in [1.29, 1.82) is 0 Å². The normalized spacial score (nSPS) is 9.83. The van der Waals surface area contributed by atoms with Crippen molar-refractivity contribution in [3.63, 3.8) is 0 Å². The summed E-state index contributed by atoms with van der Waals surface area (Å²) < 4.78 is 9.74. The highest BCUT2D eigenvalue weighted by atomic mass is 16.5. The Morgan fingerprint density at radius 1 is 1.25 bits per heavy atom. The van der Waals surface area contributed by atoms with Crippen LogP contribution >= 0.6 is 0 Å². The van der Waals surface area contributed by atoms with E-state index in [1.54, 1.807) is 7.11 Å². The summed E-state index contributed by atoms with van der Waals surface area (Å²) in [6.07, 6.45) is 3.20. The minimum Gasteiger partial charge on any atom is -0.466 e. The van der Waals surface area contributed by atoms with Crippen molar-refractivity contribution in [2.75, 3.05) is 20.3 Å². The first-order valence-corrected chi connectivity index (χ1v) is 4.45. The summed E-state index contributed by atoms with van der Waals surface area (Å²) in [5, 5.41) is 0. The Hall–Kier alpha value is -0.570. The highest BCUT2D eigenvalue weighted by molar-refractivity contribution is 5.69. The van der Waals surface area contributed by atoms with Crippen LogP contribution in [0.1, 0.15) is 32.6 Å². The Labute approximate surface area is 74.0 Å². The molecular weight excluding hydrogens is 156 g/mol. The fraction of sp³-hybridized carbons (Fsp3) is 0.889. The number of rotatable bonds is 7. The topological polar surface area (TPSA) is 35.5 Å². The largest absolute Gasteiger partial charge is 0.466 e. The van der Waals surface area contributed by atoms with Gasteiger partial charge in [0.25, 0.3) is 0 Å². The zero-order valence-electron chi connectivity index (χ0n) is 7.97. The van der Waals surface area contributed by atoms with Gasteiger partial charge in [-0.05, 0) is 19.3 Å². The molecule has 0 aliphatic carbocycles. The van der Waals surface area contributed by atoms with Gasteiger partial charge in [-0.1, -0.05) is 6.92 Å². The lowest BCUT2D eigenvalue weighted by Crippen LogP contribution is -2.05. The Bertz CT molecular complexity index is 112. The molecule has 0 saturated heterocycles. The molecule has 0 amide bonds. The summed E-state index contributed by atoms with van der Waals surface area (Å²) >= 11 is 0. The molecule has 0 bridgehead atoms. The molecule has 0 aromatic heterocycles. The van der Waals surface area contributed by atoms with Gasteiger partial charge in [-0.25, -0.2) is 0 Å². The van der Waals surface area contributed by atoms with Gasteiger partial charge < -0.3 is 9.47 Å². The van der Waals surface area contributed by atoms with Crippen LogP contribution in [0.2, 0.25) is 0 Å². The van der Waals surface area contributed by atoms with Gasteiger partial charge in [0, 0.05) is 20.1 Å². The van der Waals surface area contributed by atoms with E-state index in [9.17, 15) is 4.79 Å². The van der Waals surface area contributed by atoms with Crippen molar-refractivity contribution in [2.24, 2.45) is 0 Å². The van der Waals surface area contributed by atoms with Gasteiger partial charge in [0.1, 0.15) is 0 Å². The quantitative estimate of drug-likeness (QED) is 0.436. The predicted octanol–water partition coefficient (Wildman–Crippen LogP) is 1.76. The average Bonchev–Trinajstić information content (AvgIpc) is 2.09. The third-order valence-corrected chi connectivity index (χ3v) is 1.45. The molecule has 0 radical (unpaired) electrons. The summed E-state index contributed by atoms with van der Waals surface area (Å²) in [6.45, 7) is 3.25. The number of ether oxygens (including phenoxy) is 2. The zero-order valence-corrected chi connectivity index (χ0v) is 7.97. The van der Waals surface area contributed by atoms with Gasteiger partial charge in [-0.3, -0.25) is 4.79 Å². The van der Waals surface area contributed by atoms with E-state index in [4.69, 9.17) is 9.47 Å². The predicted molar refractivity (Wildman–Crippen MR) is 47.0 cm³/mol. The van der Waals surface area contributed by atoms with Gasteiger partial charge in [0.05, 0.1) is 6.61 Å². The van der Waals surface area contributed by atoms with E-state index in [0.29, 0.717) is 13.0 Å². The number of unbranched alkanes of at least 4 members (excludes halogenated alkanes) is 1. The van der Waals surface area contributed by atoms with E-state index in [1.807, 2.05) is 6.92 Å². The fourth-order valence-corrected chi connectivity index (χ4v) is 0.804. The highest BCUT2D eigenvalue weighted by Gasteiger charge is 2.00. The summed E-state index contributed by atoms with van der Waals surface area (Å²) in [5.41, 5.74) is 0. The average molecular weight is 174 g/mol. The molecule has 12 heavy (non-hydrogen) atoms. The van der Waals surface area contributed by atoms with E-state index in [0.717, 1.165) is 25.9 Å². The summed E-state index contributed by atoms with van der Waals surface area (Å²) in [4.78, 5) is 10.9. The summed E-state index contributed by atoms with van der Waals surface area (Å²) in [5.74, 6) is -0.0899. The zero-order chi connectivity index (χ0) is 9.23. The molecule has 0 aliphatic rings. The standard InChI is InChI=1S/C9H18O3/c1-3-7-12-9(10)6-4-5-8-11-2/h3-8H2,1-2H3. The first-order valence-electron chi connectivity index (χ1n) is 4.45. The van der Waals surface area contributed by atoms with Gasteiger partial charge >= 0.3 is 5.97 Å². The highest BCUT2D eigenvalue weighted by Crippen LogP contribution is 1.98. The Kier molecular flexibility index (Phi) is 8.12. The first-order chi connectivity index (χ1) is 5.81. The molecule has 0 fully saturated rings. The van der Waals surface area contributed by atoms with Crippen molar-refractivity contribution in [1.82, 2.24) is 0 Å². The molecule has 3 heteroatoms. The SMILES string of the molecule is CCCOC(=O)CCCCOC. The third-order valence-electron chi connectivity index (χ3n) is 1.45.